The second kappa shape index (κ2) is 7.29. The highest BCUT2D eigenvalue weighted by Gasteiger charge is 2.30. The maximum absolute atomic E-state index is 9.53. The molecule has 0 saturated heterocycles. The highest BCUT2D eigenvalue weighted by atomic mass is 16.5. The lowest BCUT2D eigenvalue weighted by Crippen LogP contribution is -2.29. The Morgan fingerprint density at radius 2 is 1.81 bits per heavy atom. The molecule has 1 aliphatic rings. The van der Waals surface area contributed by atoms with E-state index in [-0.39, 0.29) is 5.41 Å². The Hall–Kier alpha value is -0.0800. The number of hydrogen-bond acceptors (Lipinski definition) is 2. The molecule has 1 N–H and O–H groups in total. The fourth-order valence-corrected chi connectivity index (χ4v) is 2.50. The van der Waals surface area contributed by atoms with Gasteiger partial charge in [-0.1, -0.05) is 33.1 Å². The van der Waals surface area contributed by atoms with Gasteiger partial charge in [0.05, 0.1) is 0 Å². The number of rotatable bonds is 7. The molecule has 0 amide bonds. The van der Waals surface area contributed by atoms with E-state index in [1.165, 1.54) is 32.1 Å². The summed E-state index contributed by atoms with van der Waals surface area (Å²) in [6, 6.07) is 0. The summed E-state index contributed by atoms with van der Waals surface area (Å²) in [7, 11) is 0. The number of hydrogen-bond donors (Lipinski definition) is 1. The van der Waals surface area contributed by atoms with Crippen LogP contribution in [0.5, 0.6) is 0 Å². The zero-order valence-corrected chi connectivity index (χ0v) is 11.0. The Balaban J connectivity index is 2.13. The van der Waals surface area contributed by atoms with Gasteiger partial charge in [-0.3, -0.25) is 0 Å². The second-order valence-corrected chi connectivity index (χ2v) is 5.76. The van der Waals surface area contributed by atoms with E-state index < -0.39 is 0 Å². The molecule has 96 valence electrons. The average molecular weight is 228 g/mol. The van der Waals surface area contributed by atoms with Crippen LogP contribution in [0, 0.1) is 11.3 Å². The van der Waals surface area contributed by atoms with Crippen LogP contribution in [-0.4, -0.2) is 24.9 Å². The van der Waals surface area contributed by atoms with Gasteiger partial charge in [-0.2, -0.15) is 0 Å². The van der Waals surface area contributed by atoms with Crippen molar-refractivity contribution in [2.75, 3.05) is 19.8 Å². The first-order valence-electron chi connectivity index (χ1n) is 6.87. The minimum atomic E-state index is 0.191. The van der Waals surface area contributed by atoms with Crippen LogP contribution in [0.1, 0.15) is 58.8 Å². The van der Waals surface area contributed by atoms with Crippen LogP contribution in [0.3, 0.4) is 0 Å². The fourth-order valence-electron chi connectivity index (χ4n) is 2.50. The lowest BCUT2D eigenvalue weighted by atomic mass is 9.73. The van der Waals surface area contributed by atoms with Crippen LogP contribution < -0.4 is 0 Å². The molecule has 1 saturated carbocycles. The zero-order chi connectivity index (χ0) is 11.9. The van der Waals surface area contributed by atoms with E-state index >= 15 is 0 Å². The molecule has 1 rings (SSSR count). The summed E-state index contributed by atoms with van der Waals surface area (Å²) in [6.45, 7) is 6.49. The van der Waals surface area contributed by atoms with Crippen molar-refractivity contribution in [3.05, 3.63) is 0 Å². The van der Waals surface area contributed by atoms with Crippen LogP contribution in [0.15, 0.2) is 0 Å². The average Bonchev–Trinajstić information content (AvgIpc) is 2.29. The molecule has 0 aromatic carbocycles. The largest absolute Gasteiger partial charge is 0.396 e. The second-order valence-electron chi connectivity index (χ2n) is 5.76. The molecule has 0 radical (unpaired) electrons. The van der Waals surface area contributed by atoms with Gasteiger partial charge in [0.15, 0.2) is 0 Å². The van der Waals surface area contributed by atoms with Gasteiger partial charge in [0.1, 0.15) is 0 Å². The summed E-state index contributed by atoms with van der Waals surface area (Å²) < 4.78 is 5.66. The molecule has 0 spiro atoms. The molecule has 1 aliphatic carbocycles. The fraction of sp³-hybridized carbons (Fsp3) is 1.00. The topological polar surface area (TPSA) is 29.5 Å². The molecule has 0 heterocycles. The molecule has 0 aliphatic heterocycles. The maximum Gasteiger partial charge on any atom is 0.0488 e. The summed E-state index contributed by atoms with van der Waals surface area (Å²) in [5.41, 5.74) is 0.191. The van der Waals surface area contributed by atoms with Gasteiger partial charge < -0.3 is 9.84 Å². The molecule has 16 heavy (non-hydrogen) atoms. The summed E-state index contributed by atoms with van der Waals surface area (Å²) in [5.74, 6) is 0.724. The van der Waals surface area contributed by atoms with E-state index in [9.17, 15) is 5.11 Å². The minimum absolute atomic E-state index is 0.191. The maximum atomic E-state index is 9.53. The lowest BCUT2D eigenvalue weighted by Gasteiger charge is -2.35. The standard InChI is InChI=1S/C14H28O2/c1-13(2)6-10-16-11-9-14(12-15)7-4-3-5-8-14/h13,15H,3-12H2,1-2H3. The Morgan fingerprint density at radius 1 is 1.12 bits per heavy atom. The van der Waals surface area contributed by atoms with Gasteiger partial charge in [-0.15, -0.1) is 0 Å². The van der Waals surface area contributed by atoms with Gasteiger partial charge in [0, 0.05) is 19.8 Å². The summed E-state index contributed by atoms with van der Waals surface area (Å²) in [6.07, 6.45) is 8.48. The highest BCUT2D eigenvalue weighted by Crippen LogP contribution is 2.38. The van der Waals surface area contributed by atoms with Crippen LogP contribution in [0.4, 0.5) is 0 Å². The quantitative estimate of drug-likeness (QED) is 0.677. The van der Waals surface area contributed by atoms with Crippen molar-refractivity contribution >= 4 is 0 Å². The van der Waals surface area contributed by atoms with Crippen LogP contribution >= 0.6 is 0 Å². The highest BCUT2D eigenvalue weighted by molar-refractivity contribution is 4.81. The monoisotopic (exact) mass is 228 g/mol. The molecule has 0 aromatic heterocycles. The predicted octanol–water partition coefficient (Wildman–Crippen LogP) is 3.38. The van der Waals surface area contributed by atoms with Gasteiger partial charge in [-0.25, -0.2) is 0 Å². The summed E-state index contributed by atoms with van der Waals surface area (Å²) in [5, 5.41) is 9.53. The van der Waals surface area contributed by atoms with Crippen LogP contribution in [0.2, 0.25) is 0 Å². The van der Waals surface area contributed by atoms with Gasteiger partial charge in [0.2, 0.25) is 0 Å². The van der Waals surface area contributed by atoms with Crippen molar-refractivity contribution in [1.82, 2.24) is 0 Å². The molecule has 1 fully saturated rings. The van der Waals surface area contributed by atoms with Gasteiger partial charge in [0.25, 0.3) is 0 Å². The smallest absolute Gasteiger partial charge is 0.0488 e. The third-order valence-corrected chi connectivity index (χ3v) is 3.87. The Bertz CT molecular complexity index is 172. The van der Waals surface area contributed by atoms with Gasteiger partial charge >= 0.3 is 0 Å². The Labute approximate surface area is 100 Å². The molecule has 2 nitrogen and oxygen atoms in total. The minimum Gasteiger partial charge on any atom is -0.396 e. The van der Waals surface area contributed by atoms with Crippen LogP contribution in [-0.2, 0) is 4.74 Å². The molecule has 0 aromatic rings. The van der Waals surface area contributed by atoms with E-state index in [0.717, 1.165) is 32.0 Å². The summed E-state index contributed by atoms with van der Waals surface area (Å²) in [4.78, 5) is 0. The van der Waals surface area contributed by atoms with Gasteiger partial charge in [-0.05, 0) is 37.0 Å². The van der Waals surface area contributed by atoms with E-state index in [2.05, 4.69) is 13.8 Å². The predicted molar refractivity (Wildman–Crippen MR) is 67.5 cm³/mol. The van der Waals surface area contributed by atoms with Crippen molar-refractivity contribution in [3.8, 4) is 0 Å². The summed E-state index contributed by atoms with van der Waals surface area (Å²) >= 11 is 0. The van der Waals surface area contributed by atoms with E-state index in [0.29, 0.717) is 6.61 Å². The van der Waals surface area contributed by atoms with Crippen molar-refractivity contribution in [2.24, 2.45) is 11.3 Å². The molecular formula is C14H28O2. The number of aliphatic hydroxyl groups is 1. The van der Waals surface area contributed by atoms with Crippen LogP contribution in [0.25, 0.3) is 0 Å². The molecule has 0 atom stereocenters. The van der Waals surface area contributed by atoms with Crippen molar-refractivity contribution < 1.29 is 9.84 Å². The van der Waals surface area contributed by atoms with E-state index in [1.54, 1.807) is 0 Å². The first-order valence-corrected chi connectivity index (χ1v) is 6.87. The van der Waals surface area contributed by atoms with Crippen molar-refractivity contribution in [3.63, 3.8) is 0 Å². The van der Waals surface area contributed by atoms with Crippen molar-refractivity contribution in [1.29, 1.82) is 0 Å². The van der Waals surface area contributed by atoms with E-state index in [4.69, 9.17) is 4.74 Å². The SMILES string of the molecule is CC(C)CCOCCC1(CO)CCCCC1. The first kappa shape index (κ1) is 14.0. The van der Waals surface area contributed by atoms with E-state index in [1.807, 2.05) is 0 Å². The zero-order valence-electron chi connectivity index (χ0n) is 11.0. The normalized spacial score (nSPS) is 20.2. The number of aliphatic hydroxyl groups excluding tert-OH is 1. The molecular weight excluding hydrogens is 200 g/mol. The number of ether oxygens (including phenoxy) is 1. The first-order chi connectivity index (χ1) is 7.68. The third kappa shape index (κ3) is 4.84. The Kier molecular flexibility index (Phi) is 6.37. The molecule has 0 unspecified atom stereocenters. The molecule has 2 heteroatoms. The Morgan fingerprint density at radius 3 is 2.38 bits per heavy atom. The molecule has 0 bridgehead atoms. The third-order valence-electron chi connectivity index (χ3n) is 3.87. The lowest BCUT2D eigenvalue weighted by molar-refractivity contribution is 0.0296. The van der Waals surface area contributed by atoms with Crippen molar-refractivity contribution in [2.45, 2.75) is 58.8 Å².